The summed E-state index contributed by atoms with van der Waals surface area (Å²) >= 11 is 5.55. The Morgan fingerprint density at radius 1 is 1.71 bits per heavy atom. The minimum absolute atomic E-state index is 0. The van der Waals surface area contributed by atoms with Gasteiger partial charge in [-0.2, -0.15) is 0 Å². The van der Waals surface area contributed by atoms with Gasteiger partial charge >= 0.3 is 0 Å². The fraction of sp³-hybridized carbons (Fsp3) is 0.667. The first-order valence-corrected chi connectivity index (χ1v) is 4.75. The first-order valence-electron chi connectivity index (χ1n) is 4.37. The van der Waals surface area contributed by atoms with Crippen molar-refractivity contribution >= 4 is 29.9 Å². The van der Waals surface area contributed by atoms with E-state index in [4.69, 9.17) is 11.6 Å². The number of carbonyl (C=O) groups excluding carboxylic acids is 1. The minimum Gasteiger partial charge on any atom is -0.351 e. The van der Waals surface area contributed by atoms with Gasteiger partial charge in [0.15, 0.2) is 0 Å². The normalized spacial score (nSPS) is 25.3. The number of halogens is 2. The van der Waals surface area contributed by atoms with Gasteiger partial charge in [-0.05, 0) is 19.9 Å². The van der Waals surface area contributed by atoms with E-state index in [9.17, 15) is 4.79 Å². The van der Waals surface area contributed by atoms with Crippen LogP contribution in [-0.2, 0) is 4.79 Å². The molecule has 1 aliphatic heterocycles. The summed E-state index contributed by atoms with van der Waals surface area (Å²) in [5, 5.41) is 6.38. The van der Waals surface area contributed by atoms with Crippen LogP contribution in [0.3, 0.4) is 0 Å². The molecule has 1 amide bonds. The molecule has 0 spiro atoms. The predicted molar refractivity (Wildman–Crippen MR) is 60.8 cm³/mol. The van der Waals surface area contributed by atoms with Crippen molar-refractivity contribution in [2.24, 2.45) is 5.41 Å². The molecule has 1 aliphatic rings. The highest BCUT2D eigenvalue weighted by Crippen LogP contribution is 2.24. The fourth-order valence-corrected chi connectivity index (χ4v) is 1.47. The first-order chi connectivity index (χ1) is 6.04. The van der Waals surface area contributed by atoms with Crippen molar-refractivity contribution in [1.29, 1.82) is 0 Å². The van der Waals surface area contributed by atoms with E-state index in [0.29, 0.717) is 11.6 Å². The van der Waals surface area contributed by atoms with E-state index in [1.165, 1.54) is 0 Å². The lowest BCUT2D eigenvalue weighted by molar-refractivity contribution is -0.129. The number of hydrogen-bond acceptors (Lipinski definition) is 2. The lowest BCUT2D eigenvalue weighted by atomic mass is 9.89. The third kappa shape index (κ3) is 3.48. The summed E-state index contributed by atoms with van der Waals surface area (Å²) in [5.41, 5.74) is -0.271. The van der Waals surface area contributed by atoms with Gasteiger partial charge in [-0.1, -0.05) is 18.2 Å². The predicted octanol–water partition coefficient (Wildman–Crippen LogP) is 1.28. The van der Waals surface area contributed by atoms with Gasteiger partial charge in [-0.15, -0.1) is 12.4 Å². The van der Waals surface area contributed by atoms with Crippen LogP contribution in [0.2, 0.25) is 0 Å². The van der Waals surface area contributed by atoms with E-state index in [-0.39, 0.29) is 23.7 Å². The average molecular weight is 239 g/mol. The maximum Gasteiger partial charge on any atom is 0.227 e. The maximum absolute atomic E-state index is 11.6. The molecular formula is C9H16Cl2N2O. The van der Waals surface area contributed by atoms with Crippen LogP contribution in [-0.4, -0.2) is 25.5 Å². The van der Waals surface area contributed by atoms with Crippen LogP contribution >= 0.6 is 24.0 Å². The molecule has 0 bridgehead atoms. The molecule has 1 unspecified atom stereocenters. The zero-order valence-corrected chi connectivity index (χ0v) is 9.80. The highest BCUT2D eigenvalue weighted by atomic mass is 35.5. The zero-order valence-electron chi connectivity index (χ0n) is 8.23. The van der Waals surface area contributed by atoms with E-state index >= 15 is 0 Å². The number of carbonyl (C=O) groups is 1. The largest absolute Gasteiger partial charge is 0.351 e. The van der Waals surface area contributed by atoms with E-state index in [2.05, 4.69) is 17.2 Å². The van der Waals surface area contributed by atoms with Crippen molar-refractivity contribution in [2.45, 2.75) is 13.3 Å². The summed E-state index contributed by atoms with van der Waals surface area (Å²) in [5.74, 6) is 0.0549. The van der Waals surface area contributed by atoms with E-state index in [1.54, 1.807) is 0 Å². The van der Waals surface area contributed by atoms with Gasteiger partial charge in [-0.3, -0.25) is 4.79 Å². The van der Waals surface area contributed by atoms with E-state index < -0.39 is 0 Å². The number of hydrogen-bond donors (Lipinski definition) is 2. The van der Waals surface area contributed by atoms with Crippen LogP contribution in [0.25, 0.3) is 0 Å². The SMILES string of the molecule is C=C(Cl)CNC(=O)C1(C)CCNC1.Cl. The first kappa shape index (κ1) is 13.8. The van der Waals surface area contributed by atoms with Gasteiger partial charge in [0, 0.05) is 11.6 Å². The molecule has 0 aromatic heterocycles. The summed E-state index contributed by atoms with van der Waals surface area (Å²) in [7, 11) is 0. The molecule has 2 N–H and O–H groups in total. The van der Waals surface area contributed by atoms with Crippen LogP contribution in [0.1, 0.15) is 13.3 Å². The van der Waals surface area contributed by atoms with Crippen LogP contribution in [0.4, 0.5) is 0 Å². The summed E-state index contributed by atoms with van der Waals surface area (Å²) in [4.78, 5) is 11.6. The molecular weight excluding hydrogens is 223 g/mol. The highest BCUT2D eigenvalue weighted by molar-refractivity contribution is 6.29. The van der Waals surface area contributed by atoms with Crippen molar-refractivity contribution < 1.29 is 4.79 Å². The topological polar surface area (TPSA) is 41.1 Å². The molecule has 0 saturated carbocycles. The average Bonchev–Trinajstić information content (AvgIpc) is 2.49. The summed E-state index contributed by atoms with van der Waals surface area (Å²) < 4.78 is 0. The van der Waals surface area contributed by atoms with Gasteiger partial charge in [0.05, 0.1) is 12.0 Å². The second-order valence-electron chi connectivity index (χ2n) is 3.69. The lowest BCUT2D eigenvalue weighted by Crippen LogP contribution is -2.40. The molecule has 1 rings (SSSR count). The third-order valence-electron chi connectivity index (χ3n) is 2.36. The monoisotopic (exact) mass is 238 g/mol. The highest BCUT2D eigenvalue weighted by Gasteiger charge is 2.35. The van der Waals surface area contributed by atoms with Gasteiger partial charge in [0.25, 0.3) is 0 Å². The Morgan fingerprint density at radius 3 is 2.79 bits per heavy atom. The molecule has 1 saturated heterocycles. The summed E-state index contributed by atoms with van der Waals surface area (Å²) in [6.07, 6.45) is 0.883. The Labute approximate surface area is 95.7 Å². The van der Waals surface area contributed by atoms with Crippen molar-refractivity contribution in [1.82, 2.24) is 10.6 Å². The lowest BCUT2D eigenvalue weighted by Gasteiger charge is -2.21. The standard InChI is InChI=1S/C9H15ClN2O.ClH/c1-7(10)5-12-8(13)9(2)3-4-11-6-9;/h11H,1,3-6H2,2H3,(H,12,13);1H. The quantitative estimate of drug-likeness (QED) is 0.778. The third-order valence-corrected chi connectivity index (χ3v) is 2.49. The summed E-state index contributed by atoms with van der Waals surface area (Å²) in [6.45, 7) is 7.48. The maximum atomic E-state index is 11.6. The molecule has 3 nitrogen and oxygen atoms in total. The molecule has 5 heteroatoms. The molecule has 1 heterocycles. The molecule has 1 atom stereocenters. The molecule has 0 aliphatic carbocycles. The smallest absolute Gasteiger partial charge is 0.227 e. The number of amides is 1. The van der Waals surface area contributed by atoms with E-state index in [0.717, 1.165) is 19.5 Å². The second-order valence-corrected chi connectivity index (χ2v) is 4.22. The summed E-state index contributed by atoms with van der Waals surface area (Å²) in [6, 6.07) is 0. The van der Waals surface area contributed by atoms with E-state index in [1.807, 2.05) is 6.92 Å². The van der Waals surface area contributed by atoms with Gasteiger partial charge in [-0.25, -0.2) is 0 Å². The second kappa shape index (κ2) is 5.59. The van der Waals surface area contributed by atoms with Crippen LogP contribution in [0.15, 0.2) is 11.6 Å². The molecule has 0 radical (unpaired) electrons. The molecule has 0 aromatic carbocycles. The number of rotatable bonds is 3. The minimum atomic E-state index is -0.271. The Kier molecular flexibility index (Phi) is 5.49. The van der Waals surface area contributed by atoms with Crippen molar-refractivity contribution in [3.63, 3.8) is 0 Å². The zero-order chi connectivity index (χ0) is 9.90. The Morgan fingerprint density at radius 2 is 2.36 bits per heavy atom. The van der Waals surface area contributed by atoms with Gasteiger partial charge < -0.3 is 10.6 Å². The van der Waals surface area contributed by atoms with Crippen LogP contribution in [0.5, 0.6) is 0 Å². The van der Waals surface area contributed by atoms with Crippen LogP contribution < -0.4 is 10.6 Å². The molecule has 82 valence electrons. The van der Waals surface area contributed by atoms with Crippen molar-refractivity contribution in [2.75, 3.05) is 19.6 Å². The Bertz CT molecular complexity index is 225. The number of nitrogens with one attached hydrogen (secondary N) is 2. The molecule has 14 heavy (non-hydrogen) atoms. The van der Waals surface area contributed by atoms with Crippen molar-refractivity contribution in [3.8, 4) is 0 Å². The Balaban J connectivity index is 0.00000169. The fourth-order valence-electron chi connectivity index (χ4n) is 1.40. The van der Waals surface area contributed by atoms with Gasteiger partial charge in [0.2, 0.25) is 5.91 Å². The van der Waals surface area contributed by atoms with Crippen molar-refractivity contribution in [3.05, 3.63) is 11.6 Å². The van der Waals surface area contributed by atoms with Crippen LogP contribution in [0, 0.1) is 5.41 Å². The molecule has 1 fully saturated rings. The Hall–Kier alpha value is -0.250. The van der Waals surface area contributed by atoms with Gasteiger partial charge in [0.1, 0.15) is 0 Å². The molecule has 0 aromatic rings.